The molecule has 19 heavy (non-hydrogen) atoms. The molecule has 1 aliphatic rings. The minimum absolute atomic E-state index is 0.159. The van der Waals surface area contributed by atoms with Crippen LogP contribution in [0.4, 0.5) is 11.5 Å². The van der Waals surface area contributed by atoms with E-state index < -0.39 is 0 Å². The number of piperazine rings is 1. The van der Waals surface area contributed by atoms with Crippen LogP contribution in [0.2, 0.25) is 0 Å². The van der Waals surface area contributed by atoms with Gasteiger partial charge in [-0.15, -0.1) is 0 Å². The lowest BCUT2D eigenvalue weighted by molar-refractivity contribution is -0.384. The summed E-state index contributed by atoms with van der Waals surface area (Å²) in [6.07, 6.45) is 0.571. The summed E-state index contributed by atoms with van der Waals surface area (Å²) in [5, 5.41) is 19.0. The standard InChI is InChI=1S/C12H21N5O2/c1-5-10-11(17(18)19)12(15(4)14-10)16-6-8(2)13-9(3)7-16/h8-9,13H,5-7H2,1-4H3. The van der Waals surface area contributed by atoms with Gasteiger partial charge in [-0.05, 0) is 20.3 Å². The monoisotopic (exact) mass is 267 g/mol. The minimum atomic E-state index is -0.307. The average molecular weight is 267 g/mol. The van der Waals surface area contributed by atoms with Crippen molar-refractivity contribution in [1.82, 2.24) is 15.1 Å². The van der Waals surface area contributed by atoms with Gasteiger partial charge >= 0.3 is 5.69 Å². The lowest BCUT2D eigenvalue weighted by Crippen LogP contribution is -2.54. The second-order valence-corrected chi connectivity index (χ2v) is 5.23. The van der Waals surface area contributed by atoms with E-state index in [1.165, 1.54) is 0 Å². The first-order valence-electron chi connectivity index (χ1n) is 6.65. The Morgan fingerprint density at radius 2 is 2.00 bits per heavy atom. The number of aryl methyl sites for hydroxylation is 2. The van der Waals surface area contributed by atoms with Crippen molar-refractivity contribution in [3.63, 3.8) is 0 Å². The Morgan fingerprint density at radius 1 is 1.42 bits per heavy atom. The maximum atomic E-state index is 11.3. The van der Waals surface area contributed by atoms with Gasteiger partial charge in [0.2, 0.25) is 5.82 Å². The van der Waals surface area contributed by atoms with Gasteiger partial charge in [0.1, 0.15) is 5.69 Å². The Hall–Kier alpha value is -1.63. The van der Waals surface area contributed by atoms with E-state index in [1.807, 2.05) is 6.92 Å². The molecule has 1 N–H and O–H groups in total. The Morgan fingerprint density at radius 3 is 2.47 bits per heavy atom. The molecule has 0 aromatic carbocycles. The normalized spacial score (nSPS) is 23.7. The van der Waals surface area contributed by atoms with Gasteiger partial charge in [0.25, 0.3) is 0 Å². The van der Waals surface area contributed by atoms with Crippen LogP contribution in [0.1, 0.15) is 26.5 Å². The van der Waals surface area contributed by atoms with Crippen LogP contribution in [0, 0.1) is 10.1 Å². The van der Waals surface area contributed by atoms with Gasteiger partial charge in [-0.2, -0.15) is 5.10 Å². The van der Waals surface area contributed by atoms with E-state index in [1.54, 1.807) is 11.7 Å². The quantitative estimate of drug-likeness (QED) is 0.655. The minimum Gasteiger partial charge on any atom is -0.348 e. The SMILES string of the molecule is CCc1nn(C)c(N2CC(C)NC(C)C2)c1[N+](=O)[O-]. The largest absolute Gasteiger partial charge is 0.348 e. The van der Waals surface area contributed by atoms with Crippen LogP contribution in [0.3, 0.4) is 0 Å². The first-order valence-corrected chi connectivity index (χ1v) is 6.65. The van der Waals surface area contributed by atoms with Crippen LogP contribution in [0.15, 0.2) is 0 Å². The van der Waals surface area contributed by atoms with Crippen molar-refractivity contribution in [3.8, 4) is 0 Å². The summed E-state index contributed by atoms with van der Waals surface area (Å²) in [6.45, 7) is 7.58. The van der Waals surface area contributed by atoms with E-state index in [-0.39, 0.29) is 10.6 Å². The molecule has 0 amide bonds. The highest BCUT2D eigenvalue weighted by atomic mass is 16.6. The second-order valence-electron chi connectivity index (χ2n) is 5.23. The van der Waals surface area contributed by atoms with E-state index in [9.17, 15) is 10.1 Å². The predicted octanol–water partition coefficient (Wildman–Crippen LogP) is 1.08. The zero-order valence-electron chi connectivity index (χ0n) is 11.9. The van der Waals surface area contributed by atoms with Gasteiger partial charge in [0, 0.05) is 32.2 Å². The summed E-state index contributed by atoms with van der Waals surface area (Å²) in [5.41, 5.74) is 0.715. The fourth-order valence-corrected chi connectivity index (χ4v) is 2.84. The van der Waals surface area contributed by atoms with Crippen molar-refractivity contribution in [1.29, 1.82) is 0 Å². The summed E-state index contributed by atoms with van der Waals surface area (Å²) in [6, 6.07) is 0.617. The molecular weight excluding hydrogens is 246 g/mol. The van der Waals surface area contributed by atoms with E-state index in [4.69, 9.17) is 0 Å². The van der Waals surface area contributed by atoms with Crippen molar-refractivity contribution in [2.24, 2.45) is 7.05 Å². The molecule has 7 nitrogen and oxygen atoms in total. The van der Waals surface area contributed by atoms with E-state index in [0.717, 1.165) is 13.1 Å². The summed E-state index contributed by atoms with van der Waals surface area (Å²) < 4.78 is 1.64. The third-order valence-corrected chi connectivity index (χ3v) is 3.44. The smallest absolute Gasteiger partial charge is 0.334 e. The molecule has 2 unspecified atom stereocenters. The molecule has 0 radical (unpaired) electrons. The topological polar surface area (TPSA) is 76.2 Å². The summed E-state index contributed by atoms with van der Waals surface area (Å²) in [5.74, 6) is 0.627. The van der Waals surface area contributed by atoms with Gasteiger partial charge in [0.15, 0.2) is 0 Å². The Balaban J connectivity index is 2.43. The number of rotatable bonds is 3. The number of aromatic nitrogens is 2. The van der Waals surface area contributed by atoms with Crippen molar-refractivity contribution in [2.75, 3.05) is 18.0 Å². The summed E-state index contributed by atoms with van der Waals surface area (Å²) in [4.78, 5) is 13.1. The Labute approximate surface area is 112 Å². The highest BCUT2D eigenvalue weighted by molar-refractivity contribution is 5.62. The fourth-order valence-electron chi connectivity index (χ4n) is 2.84. The number of hydrogen-bond donors (Lipinski definition) is 1. The van der Waals surface area contributed by atoms with Gasteiger partial charge < -0.3 is 10.2 Å². The fraction of sp³-hybridized carbons (Fsp3) is 0.750. The first kappa shape index (κ1) is 13.8. The van der Waals surface area contributed by atoms with Crippen LogP contribution in [-0.4, -0.2) is 39.9 Å². The Kier molecular flexibility index (Phi) is 3.75. The Bertz CT molecular complexity index is 475. The van der Waals surface area contributed by atoms with Gasteiger partial charge in [-0.3, -0.25) is 10.1 Å². The van der Waals surface area contributed by atoms with Crippen LogP contribution in [0.5, 0.6) is 0 Å². The van der Waals surface area contributed by atoms with E-state index >= 15 is 0 Å². The number of hydrogen-bond acceptors (Lipinski definition) is 5. The molecule has 1 aliphatic heterocycles. The number of nitro groups is 1. The maximum Gasteiger partial charge on any atom is 0.334 e. The second kappa shape index (κ2) is 5.16. The lowest BCUT2D eigenvalue weighted by Gasteiger charge is -2.36. The van der Waals surface area contributed by atoms with Crippen molar-refractivity contribution < 1.29 is 4.92 Å². The molecule has 1 aromatic heterocycles. The number of nitrogens with one attached hydrogen (secondary N) is 1. The summed E-state index contributed by atoms with van der Waals surface area (Å²) >= 11 is 0. The van der Waals surface area contributed by atoms with E-state index in [0.29, 0.717) is 30.0 Å². The van der Waals surface area contributed by atoms with Crippen molar-refractivity contribution in [2.45, 2.75) is 39.3 Å². The molecule has 0 bridgehead atoms. The van der Waals surface area contributed by atoms with Crippen LogP contribution in [0.25, 0.3) is 0 Å². The molecule has 0 saturated carbocycles. The molecule has 106 valence electrons. The molecular formula is C12H21N5O2. The maximum absolute atomic E-state index is 11.3. The molecule has 1 aromatic rings. The third-order valence-electron chi connectivity index (χ3n) is 3.44. The highest BCUT2D eigenvalue weighted by Crippen LogP contribution is 2.32. The molecule has 2 atom stereocenters. The zero-order chi connectivity index (χ0) is 14.2. The van der Waals surface area contributed by atoms with Gasteiger partial charge in [0.05, 0.1) is 4.92 Å². The average Bonchev–Trinajstić information content (AvgIpc) is 2.64. The van der Waals surface area contributed by atoms with Crippen molar-refractivity contribution in [3.05, 3.63) is 15.8 Å². The predicted molar refractivity (Wildman–Crippen MR) is 73.5 cm³/mol. The molecule has 0 aliphatic carbocycles. The molecule has 0 spiro atoms. The van der Waals surface area contributed by atoms with Crippen molar-refractivity contribution >= 4 is 11.5 Å². The third kappa shape index (κ3) is 2.56. The van der Waals surface area contributed by atoms with Crippen LogP contribution >= 0.6 is 0 Å². The summed E-state index contributed by atoms with van der Waals surface area (Å²) in [7, 11) is 1.78. The van der Waals surface area contributed by atoms with Crippen LogP contribution in [-0.2, 0) is 13.5 Å². The van der Waals surface area contributed by atoms with Gasteiger partial charge in [-0.25, -0.2) is 4.68 Å². The number of anilines is 1. The molecule has 2 heterocycles. The molecule has 2 rings (SSSR count). The lowest BCUT2D eigenvalue weighted by atomic mass is 10.1. The van der Waals surface area contributed by atoms with Gasteiger partial charge in [-0.1, -0.05) is 6.92 Å². The molecule has 1 saturated heterocycles. The zero-order valence-corrected chi connectivity index (χ0v) is 11.9. The van der Waals surface area contributed by atoms with E-state index in [2.05, 4.69) is 29.2 Å². The molecule has 1 fully saturated rings. The molecule has 7 heteroatoms. The number of nitrogens with zero attached hydrogens (tertiary/aromatic N) is 4. The first-order chi connectivity index (χ1) is 8.93. The van der Waals surface area contributed by atoms with Crippen LogP contribution < -0.4 is 10.2 Å². The highest BCUT2D eigenvalue weighted by Gasteiger charge is 2.32.